The lowest BCUT2D eigenvalue weighted by molar-refractivity contribution is -0.153. The second-order valence-corrected chi connectivity index (χ2v) is 5.98. The molecule has 110 valence electrons. The first kappa shape index (κ1) is 15.0. The van der Waals surface area contributed by atoms with Gasteiger partial charge >= 0.3 is 5.97 Å². The molecule has 0 aromatic carbocycles. The van der Waals surface area contributed by atoms with Gasteiger partial charge in [-0.25, -0.2) is 0 Å². The number of hydrogen-bond donors (Lipinski definition) is 1. The lowest BCUT2D eigenvalue weighted by atomic mass is 9.76. The summed E-state index contributed by atoms with van der Waals surface area (Å²) in [6.07, 6.45) is 5.31. The minimum atomic E-state index is -0.638. The Morgan fingerprint density at radius 2 is 2.30 bits per heavy atom. The van der Waals surface area contributed by atoms with Crippen molar-refractivity contribution in [2.75, 3.05) is 13.1 Å². The molecule has 4 heteroatoms. The second kappa shape index (κ2) is 6.35. The maximum atomic E-state index is 11.7. The molecule has 4 nitrogen and oxygen atoms in total. The third kappa shape index (κ3) is 3.37. The molecule has 0 saturated carbocycles. The third-order valence-electron chi connectivity index (χ3n) is 4.20. The smallest absolute Gasteiger partial charge is 0.310 e. The van der Waals surface area contributed by atoms with Crippen LogP contribution in [0.4, 0.5) is 0 Å². The molecule has 0 bridgehead atoms. The zero-order valence-corrected chi connectivity index (χ0v) is 12.4. The van der Waals surface area contributed by atoms with E-state index in [0.717, 1.165) is 50.0 Å². The monoisotopic (exact) mass is 276 g/mol. The van der Waals surface area contributed by atoms with Crippen molar-refractivity contribution in [2.45, 2.75) is 46.1 Å². The van der Waals surface area contributed by atoms with Gasteiger partial charge in [0.2, 0.25) is 0 Å². The molecular weight excluding hydrogens is 252 g/mol. The van der Waals surface area contributed by atoms with Gasteiger partial charge in [-0.15, -0.1) is 0 Å². The molecule has 0 spiro atoms. The summed E-state index contributed by atoms with van der Waals surface area (Å²) in [5.74, 6) is -0.638. The SMILES string of the molecule is CCCC1(C(=O)O)CCCN(Cc2ccc(C)cn2)C1. The van der Waals surface area contributed by atoms with Crippen LogP contribution in [0.2, 0.25) is 0 Å². The van der Waals surface area contributed by atoms with E-state index in [1.807, 2.05) is 19.2 Å². The van der Waals surface area contributed by atoms with Gasteiger partial charge < -0.3 is 5.11 Å². The number of carboxylic acids is 1. The number of carbonyl (C=O) groups is 1. The molecule has 2 heterocycles. The van der Waals surface area contributed by atoms with Gasteiger partial charge in [-0.05, 0) is 44.4 Å². The largest absolute Gasteiger partial charge is 0.481 e. The van der Waals surface area contributed by atoms with Crippen molar-refractivity contribution >= 4 is 5.97 Å². The van der Waals surface area contributed by atoms with Crippen LogP contribution in [0.15, 0.2) is 18.3 Å². The molecule has 1 N–H and O–H groups in total. The van der Waals surface area contributed by atoms with Gasteiger partial charge in [0.1, 0.15) is 0 Å². The van der Waals surface area contributed by atoms with Crippen LogP contribution in [-0.2, 0) is 11.3 Å². The number of carboxylic acid groups (broad SMARTS) is 1. The topological polar surface area (TPSA) is 53.4 Å². The summed E-state index contributed by atoms with van der Waals surface area (Å²) in [5, 5.41) is 9.60. The quantitative estimate of drug-likeness (QED) is 0.898. The summed E-state index contributed by atoms with van der Waals surface area (Å²) in [4.78, 5) is 18.3. The van der Waals surface area contributed by atoms with Crippen molar-refractivity contribution < 1.29 is 9.90 Å². The van der Waals surface area contributed by atoms with Crippen LogP contribution in [0, 0.1) is 12.3 Å². The zero-order valence-electron chi connectivity index (χ0n) is 12.4. The van der Waals surface area contributed by atoms with Crippen LogP contribution >= 0.6 is 0 Å². The number of aliphatic carboxylic acids is 1. The Morgan fingerprint density at radius 3 is 2.90 bits per heavy atom. The normalized spacial score (nSPS) is 23.7. The van der Waals surface area contributed by atoms with E-state index in [4.69, 9.17) is 0 Å². The number of piperidine rings is 1. The van der Waals surface area contributed by atoms with E-state index in [1.165, 1.54) is 0 Å². The van der Waals surface area contributed by atoms with Crippen LogP contribution < -0.4 is 0 Å². The van der Waals surface area contributed by atoms with Gasteiger partial charge in [0.15, 0.2) is 0 Å². The number of rotatable bonds is 5. The number of nitrogens with zero attached hydrogens (tertiary/aromatic N) is 2. The molecule has 2 rings (SSSR count). The van der Waals surface area contributed by atoms with E-state index in [-0.39, 0.29) is 0 Å². The summed E-state index contributed by atoms with van der Waals surface area (Å²) < 4.78 is 0. The van der Waals surface area contributed by atoms with Crippen molar-refractivity contribution in [3.63, 3.8) is 0 Å². The fourth-order valence-electron chi connectivity index (χ4n) is 3.15. The number of aromatic nitrogens is 1. The molecule has 1 aliphatic rings. The highest BCUT2D eigenvalue weighted by Crippen LogP contribution is 2.35. The molecule has 0 aliphatic carbocycles. The fourth-order valence-corrected chi connectivity index (χ4v) is 3.15. The Labute approximate surface area is 120 Å². The van der Waals surface area contributed by atoms with Crippen LogP contribution in [0.1, 0.15) is 43.9 Å². The van der Waals surface area contributed by atoms with Gasteiger partial charge in [-0.3, -0.25) is 14.7 Å². The Bertz CT molecular complexity index is 454. The average molecular weight is 276 g/mol. The average Bonchev–Trinajstić information content (AvgIpc) is 2.42. The van der Waals surface area contributed by atoms with Gasteiger partial charge in [0, 0.05) is 19.3 Å². The zero-order chi connectivity index (χ0) is 14.6. The number of likely N-dealkylation sites (tertiary alicyclic amines) is 1. The minimum absolute atomic E-state index is 0.558. The summed E-state index contributed by atoms with van der Waals surface area (Å²) in [6, 6.07) is 4.09. The lowest BCUT2D eigenvalue weighted by Gasteiger charge is -2.39. The van der Waals surface area contributed by atoms with Crippen molar-refractivity contribution in [3.05, 3.63) is 29.6 Å². The molecule has 0 radical (unpaired) electrons. The standard InChI is InChI=1S/C16H24N2O2/c1-3-7-16(15(19)20)8-4-9-18(12-16)11-14-6-5-13(2)10-17-14/h5-6,10H,3-4,7-9,11-12H2,1-2H3,(H,19,20). The van der Waals surface area contributed by atoms with Gasteiger partial charge in [0.25, 0.3) is 0 Å². The predicted molar refractivity (Wildman–Crippen MR) is 78.5 cm³/mol. The first-order valence-corrected chi connectivity index (χ1v) is 7.43. The fraction of sp³-hybridized carbons (Fsp3) is 0.625. The molecule has 1 aromatic rings. The minimum Gasteiger partial charge on any atom is -0.481 e. The summed E-state index contributed by atoms with van der Waals surface area (Å²) >= 11 is 0. The Morgan fingerprint density at radius 1 is 1.50 bits per heavy atom. The van der Waals surface area contributed by atoms with Crippen molar-refractivity contribution in [1.29, 1.82) is 0 Å². The number of hydrogen-bond acceptors (Lipinski definition) is 3. The second-order valence-electron chi connectivity index (χ2n) is 5.98. The molecular formula is C16H24N2O2. The molecule has 1 aliphatic heterocycles. The van der Waals surface area contributed by atoms with E-state index in [9.17, 15) is 9.90 Å². The van der Waals surface area contributed by atoms with E-state index < -0.39 is 11.4 Å². The Hall–Kier alpha value is -1.42. The molecule has 1 aromatic heterocycles. The van der Waals surface area contributed by atoms with E-state index in [1.54, 1.807) is 0 Å². The highest BCUT2D eigenvalue weighted by Gasteiger charge is 2.41. The van der Waals surface area contributed by atoms with Crippen LogP contribution in [-0.4, -0.2) is 34.0 Å². The Kier molecular flexibility index (Phi) is 4.76. The molecule has 0 amide bonds. The lowest BCUT2D eigenvalue weighted by Crippen LogP contribution is -2.47. The van der Waals surface area contributed by atoms with Crippen LogP contribution in [0.25, 0.3) is 0 Å². The Balaban J connectivity index is 2.05. The van der Waals surface area contributed by atoms with E-state index in [2.05, 4.69) is 22.9 Å². The van der Waals surface area contributed by atoms with Gasteiger partial charge in [-0.1, -0.05) is 19.4 Å². The van der Waals surface area contributed by atoms with Crippen LogP contribution in [0.3, 0.4) is 0 Å². The third-order valence-corrected chi connectivity index (χ3v) is 4.20. The molecule has 1 unspecified atom stereocenters. The highest BCUT2D eigenvalue weighted by molar-refractivity contribution is 5.75. The maximum absolute atomic E-state index is 11.7. The summed E-state index contributed by atoms with van der Waals surface area (Å²) in [5.41, 5.74) is 1.61. The number of pyridine rings is 1. The first-order valence-electron chi connectivity index (χ1n) is 7.43. The van der Waals surface area contributed by atoms with Crippen molar-refractivity contribution in [1.82, 2.24) is 9.88 Å². The molecule has 1 saturated heterocycles. The van der Waals surface area contributed by atoms with Crippen LogP contribution in [0.5, 0.6) is 0 Å². The summed E-state index contributed by atoms with van der Waals surface area (Å²) in [6.45, 7) is 6.44. The molecule has 1 atom stereocenters. The molecule has 20 heavy (non-hydrogen) atoms. The molecule has 1 fully saturated rings. The first-order chi connectivity index (χ1) is 9.55. The van der Waals surface area contributed by atoms with Gasteiger partial charge in [-0.2, -0.15) is 0 Å². The van der Waals surface area contributed by atoms with Crippen molar-refractivity contribution in [2.24, 2.45) is 5.41 Å². The van der Waals surface area contributed by atoms with E-state index in [0.29, 0.717) is 6.54 Å². The number of aryl methyl sites for hydroxylation is 1. The maximum Gasteiger partial charge on any atom is 0.310 e. The van der Waals surface area contributed by atoms with Crippen molar-refractivity contribution in [3.8, 4) is 0 Å². The van der Waals surface area contributed by atoms with E-state index >= 15 is 0 Å². The van der Waals surface area contributed by atoms with Gasteiger partial charge in [0.05, 0.1) is 11.1 Å². The summed E-state index contributed by atoms with van der Waals surface area (Å²) in [7, 11) is 0. The highest BCUT2D eigenvalue weighted by atomic mass is 16.4. The predicted octanol–water partition coefficient (Wildman–Crippen LogP) is 2.86.